The number of urea groups is 1. The van der Waals surface area contributed by atoms with E-state index in [9.17, 15) is 4.79 Å². The first kappa shape index (κ1) is 12.4. The van der Waals surface area contributed by atoms with Crippen LogP contribution in [-0.2, 0) is 3.79 Å². The zero-order valence-corrected chi connectivity index (χ0v) is 9.99. The minimum absolute atomic E-state index is 0.318. The van der Waals surface area contributed by atoms with Gasteiger partial charge in [-0.05, 0) is 12.1 Å². The van der Waals surface area contributed by atoms with Crippen LogP contribution in [0.4, 0.5) is 10.6 Å². The number of rotatable bonds is 1. The van der Waals surface area contributed by atoms with Gasteiger partial charge in [-0.15, -0.1) is 0 Å². The summed E-state index contributed by atoms with van der Waals surface area (Å²) in [7, 11) is 1.49. The monoisotopic (exact) mass is 267 g/mol. The maximum Gasteiger partial charge on any atom is 0.320 e. The number of hydrogen-bond donors (Lipinski definition) is 2. The minimum Gasteiger partial charge on any atom is -0.341 e. The molecule has 0 unspecified atom stereocenters. The van der Waals surface area contributed by atoms with Crippen molar-refractivity contribution in [1.29, 1.82) is 0 Å². The number of amides is 2. The molecule has 1 rings (SSSR count). The smallest absolute Gasteiger partial charge is 0.320 e. The second-order valence-corrected chi connectivity index (χ2v) is 4.91. The number of carbonyl (C=O) groups excluding carboxylic acids is 1. The zero-order valence-electron chi connectivity index (χ0n) is 7.72. The predicted octanol–water partition coefficient (Wildman–Crippen LogP) is 2.66. The molecule has 2 amide bonds. The molecule has 0 saturated carbocycles. The van der Waals surface area contributed by atoms with Crippen molar-refractivity contribution in [2.45, 2.75) is 3.79 Å². The highest BCUT2D eigenvalue weighted by molar-refractivity contribution is 6.66. The lowest BCUT2D eigenvalue weighted by Crippen LogP contribution is -2.25. The number of carbonyl (C=O) groups is 1. The van der Waals surface area contributed by atoms with Crippen LogP contribution in [0.2, 0.25) is 0 Å². The lowest BCUT2D eigenvalue weighted by atomic mass is 10.3. The number of halogens is 3. The molecule has 0 fully saturated rings. The number of pyridine rings is 1. The first-order valence-corrected chi connectivity index (χ1v) is 5.09. The largest absolute Gasteiger partial charge is 0.341 e. The van der Waals surface area contributed by atoms with Crippen LogP contribution in [0.5, 0.6) is 0 Å². The molecule has 0 spiro atoms. The molecule has 1 aromatic heterocycles. The van der Waals surface area contributed by atoms with Crippen molar-refractivity contribution < 1.29 is 4.79 Å². The highest BCUT2D eigenvalue weighted by atomic mass is 35.6. The van der Waals surface area contributed by atoms with Gasteiger partial charge in [-0.1, -0.05) is 34.8 Å². The van der Waals surface area contributed by atoms with Crippen LogP contribution in [0.25, 0.3) is 0 Å². The Balaban J connectivity index is 2.88. The fraction of sp³-hybridized carbons (Fsp3) is 0.250. The molecule has 0 aliphatic rings. The van der Waals surface area contributed by atoms with Gasteiger partial charge in [0.15, 0.2) is 0 Å². The van der Waals surface area contributed by atoms with Gasteiger partial charge >= 0.3 is 6.03 Å². The molecule has 2 N–H and O–H groups in total. The summed E-state index contributed by atoms with van der Waals surface area (Å²) in [6.07, 6.45) is 1.45. The summed E-state index contributed by atoms with van der Waals surface area (Å²) in [5.41, 5.74) is 0.439. The van der Waals surface area contributed by atoms with Crippen LogP contribution in [0, 0.1) is 0 Å². The number of anilines is 1. The Hall–Kier alpha value is -0.710. The summed E-state index contributed by atoms with van der Waals surface area (Å²) < 4.78 is -1.53. The van der Waals surface area contributed by atoms with E-state index in [-0.39, 0.29) is 6.03 Å². The number of hydrogen-bond acceptors (Lipinski definition) is 2. The third-order valence-corrected chi connectivity index (χ3v) is 2.21. The van der Waals surface area contributed by atoms with Gasteiger partial charge in [-0.25, -0.2) is 9.78 Å². The average Bonchev–Trinajstić information content (AvgIpc) is 2.17. The van der Waals surface area contributed by atoms with Gasteiger partial charge in [-0.2, -0.15) is 0 Å². The van der Waals surface area contributed by atoms with E-state index < -0.39 is 3.79 Å². The van der Waals surface area contributed by atoms with E-state index in [4.69, 9.17) is 34.8 Å². The van der Waals surface area contributed by atoms with Gasteiger partial charge in [0.1, 0.15) is 5.82 Å². The third-order valence-electron chi connectivity index (χ3n) is 1.56. The number of nitrogens with zero attached hydrogens (tertiary/aromatic N) is 1. The molecular weight excluding hydrogens is 260 g/mol. The van der Waals surface area contributed by atoms with E-state index in [1.54, 1.807) is 6.07 Å². The normalized spacial score (nSPS) is 10.9. The molecule has 0 atom stereocenters. The van der Waals surface area contributed by atoms with Crippen LogP contribution in [0.1, 0.15) is 5.56 Å². The van der Waals surface area contributed by atoms with Crippen LogP contribution >= 0.6 is 34.8 Å². The van der Waals surface area contributed by atoms with Gasteiger partial charge < -0.3 is 5.32 Å². The van der Waals surface area contributed by atoms with E-state index in [0.717, 1.165) is 0 Å². The molecular formula is C8H8Cl3N3O. The molecule has 82 valence electrons. The summed E-state index contributed by atoms with van der Waals surface area (Å²) in [6, 6.07) is 2.66. The zero-order chi connectivity index (χ0) is 11.5. The SMILES string of the molecule is CNC(=O)Nc1cc(C(Cl)(Cl)Cl)ccn1. The maximum absolute atomic E-state index is 11.0. The van der Waals surface area contributed by atoms with Crippen LogP contribution in [0.3, 0.4) is 0 Å². The van der Waals surface area contributed by atoms with Crippen molar-refractivity contribution in [1.82, 2.24) is 10.3 Å². The van der Waals surface area contributed by atoms with E-state index in [1.807, 2.05) is 0 Å². The molecule has 0 aliphatic carbocycles. The fourth-order valence-corrected chi connectivity index (χ4v) is 1.21. The molecule has 1 aromatic rings. The molecule has 1 heterocycles. The average molecular weight is 269 g/mol. The standard InChI is InChI=1S/C8H8Cl3N3O/c1-12-7(15)14-6-4-5(2-3-13-6)8(9,10)11/h2-4H,1H3,(H2,12,13,14,15). The highest BCUT2D eigenvalue weighted by Gasteiger charge is 2.23. The Labute approximate surface area is 102 Å². The van der Waals surface area contributed by atoms with Gasteiger partial charge in [0, 0.05) is 18.8 Å². The Morgan fingerprint density at radius 1 is 1.47 bits per heavy atom. The molecule has 0 saturated heterocycles. The molecule has 0 aromatic carbocycles. The van der Waals surface area contributed by atoms with Crippen LogP contribution < -0.4 is 10.6 Å². The first-order chi connectivity index (χ1) is 6.93. The first-order valence-electron chi connectivity index (χ1n) is 3.95. The number of aromatic nitrogens is 1. The fourth-order valence-electron chi connectivity index (χ4n) is 0.854. The highest BCUT2D eigenvalue weighted by Crippen LogP contribution is 2.38. The minimum atomic E-state index is -1.53. The van der Waals surface area contributed by atoms with Crippen LogP contribution in [0.15, 0.2) is 18.3 Å². The van der Waals surface area contributed by atoms with Crippen molar-refractivity contribution in [3.8, 4) is 0 Å². The Bertz CT molecular complexity index is 364. The number of nitrogens with one attached hydrogen (secondary N) is 2. The van der Waals surface area contributed by atoms with Crippen molar-refractivity contribution in [2.24, 2.45) is 0 Å². The summed E-state index contributed by atoms with van der Waals surface area (Å²) in [5, 5.41) is 4.85. The second-order valence-electron chi connectivity index (χ2n) is 2.63. The summed E-state index contributed by atoms with van der Waals surface area (Å²) >= 11 is 17.0. The molecule has 0 bridgehead atoms. The molecule has 7 heteroatoms. The summed E-state index contributed by atoms with van der Waals surface area (Å²) in [4.78, 5) is 14.9. The Morgan fingerprint density at radius 2 is 2.13 bits per heavy atom. The van der Waals surface area contributed by atoms with Gasteiger partial charge in [-0.3, -0.25) is 5.32 Å². The van der Waals surface area contributed by atoms with Crippen molar-refractivity contribution in [3.05, 3.63) is 23.9 Å². The number of alkyl halides is 3. The van der Waals surface area contributed by atoms with Gasteiger partial charge in [0.2, 0.25) is 3.79 Å². The summed E-state index contributed by atoms with van der Waals surface area (Å²) in [5.74, 6) is 0.318. The van der Waals surface area contributed by atoms with Crippen LogP contribution in [-0.4, -0.2) is 18.1 Å². The molecule has 0 radical (unpaired) electrons. The van der Waals surface area contributed by atoms with Crippen molar-refractivity contribution in [2.75, 3.05) is 12.4 Å². The Kier molecular flexibility index (Phi) is 4.02. The van der Waals surface area contributed by atoms with E-state index in [2.05, 4.69) is 15.6 Å². The summed E-state index contributed by atoms with van der Waals surface area (Å²) in [6.45, 7) is 0. The van der Waals surface area contributed by atoms with Crippen molar-refractivity contribution >= 4 is 46.7 Å². The quantitative estimate of drug-likeness (QED) is 0.769. The third kappa shape index (κ3) is 3.74. The van der Waals surface area contributed by atoms with Gasteiger partial charge in [0.25, 0.3) is 0 Å². The van der Waals surface area contributed by atoms with E-state index >= 15 is 0 Å². The van der Waals surface area contributed by atoms with Crippen molar-refractivity contribution in [3.63, 3.8) is 0 Å². The lowest BCUT2D eigenvalue weighted by Gasteiger charge is -2.12. The maximum atomic E-state index is 11.0. The molecule has 15 heavy (non-hydrogen) atoms. The second kappa shape index (κ2) is 4.88. The van der Waals surface area contributed by atoms with E-state index in [1.165, 1.54) is 19.3 Å². The topological polar surface area (TPSA) is 54.0 Å². The molecule has 0 aliphatic heterocycles. The predicted molar refractivity (Wildman–Crippen MR) is 61.6 cm³/mol. The Morgan fingerprint density at radius 3 is 2.67 bits per heavy atom. The van der Waals surface area contributed by atoms with Gasteiger partial charge in [0.05, 0.1) is 0 Å². The molecule has 4 nitrogen and oxygen atoms in total. The van der Waals surface area contributed by atoms with E-state index in [0.29, 0.717) is 11.4 Å². The lowest BCUT2D eigenvalue weighted by molar-refractivity contribution is 0.254.